The molecule has 1 heterocycles. The van der Waals surface area contributed by atoms with Crippen molar-refractivity contribution in [1.29, 1.82) is 0 Å². The van der Waals surface area contributed by atoms with Gasteiger partial charge in [0.2, 0.25) is 0 Å². The zero-order chi connectivity index (χ0) is 13.0. The first-order chi connectivity index (χ1) is 8.74. The molecule has 1 saturated heterocycles. The minimum Gasteiger partial charge on any atom is -0.352 e. The monoisotopic (exact) mass is 256 g/mol. The Labute approximate surface area is 111 Å². The Balaban J connectivity index is 1.69. The molecular weight excluding hydrogens is 228 g/mol. The molecule has 0 aromatic carbocycles. The molecule has 0 bridgehead atoms. The summed E-state index contributed by atoms with van der Waals surface area (Å²) < 4.78 is 11.1. The van der Waals surface area contributed by atoms with E-state index in [1.165, 1.54) is 25.8 Å². The smallest absolute Gasteiger partial charge is 0.169 e. The first kappa shape index (κ1) is 14.3. The van der Waals surface area contributed by atoms with Crippen molar-refractivity contribution in [3.05, 3.63) is 0 Å². The summed E-state index contributed by atoms with van der Waals surface area (Å²) in [4.78, 5) is 2.66. The standard InChI is InChI=1S/C14H28N2O2/c1-4-17-14(18-5-2)9-15-12-8-11(3)16(10-12)13-6-7-13/h11-15H,4-10H2,1-3H3. The number of hydrogen-bond donors (Lipinski definition) is 1. The maximum absolute atomic E-state index is 5.56. The lowest BCUT2D eigenvalue weighted by molar-refractivity contribution is -0.133. The number of rotatable bonds is 8. The minimum absolute atomic E-state index is 0.0923. The number of nitrogens with one attached hydrogen (secondary N) is 1. The molecule has 106 valence electrons. The highest BCUT2D eigenvalue weighted by Gasteiger charge is 2.38. The van der Waals surface area contributed by atoms with Crippen LogP contribution in [0.3, 0.4) is 0 Å². The molecule has 0 spiro atoms. The van der Waals surface area contributed by atoms with Crippen molar-refractivity contribution >= 4 is 0 Å². The molecule has 18 heavy (non-hydrogen) atoms. The maximum atomic E-state index is 5.56. The summed E-state index contributed by atoms with van der Waals surface area (Å²) in [5, 5.41) is 3.60. The van der Waals surface area contributed by atoms with E-state index in [1.54, 1.807) is 0 Å². The second-order valence-corrected chi connectivity index (χ2v) is 5.46. The third-order valence-electron chi connectivity index (χ3n) is 3.92. The van der Waals surface area contributed by atoms with Crippen LogP contribution in [0.4, 0.5) is 0 Å². The molecule has 0 aromatic rings. The van der Waals surface area contributed by atoms with Crippen molar-refractivity contribution in [1.82, 2.24) is 10.2 Å². The Kier molecular flexibility index (Phi) is 5.42. The summed E-state index contributed by atoms with van der Waals surface area (Å²) in [7, 11) is 0. The van der Waals surface area contributed by atoms with Gasteiger partial charge in [0.1, 0.15) is 0 Å². The van der Waals surface area contributed by atoms with Gasteiger partial charge in [-0.2, -0.15) is 0 Å². The lowest BCUT2D eigenvalue weighted by Crippen LogP contribution is -2.40. The molecule has 2 fully saturated rings. The van der Waals surface area contributed by atoms with E-state index in [9.17, 15) is 0 Å². The third kappa shape index (κ3) is 3.92. The fraction of sp³-hybridized carbons (Fsp3) is 1.00. The predicted molar refractivity (Wildman–Crippen MR) is 72.6 cm³/mol. The molecule has 1 N–H and O–H groups in total. The molecule has 1 aliphatic heterocycles. The van der Waals surface area contributed by atoms with Crippen molar-refractivity contribution in [2.45, 2.75) is 64.4 Å². The van der Waals surface area contributed by atoms with Crippen LogP contribution < -0.4 is 5.32 Å². The summed E-state index contributed by atoms with van der Waals surface area (Å²) in [6.07, 6.45) is 3.96. The van der Waals surface area contributed by atoms with Crippen molar-refractivity contribution in [2.24, 2.45) is 0 Å². The summed E-state index contributed by atoms with van der Waals surface area (Å²) in [6.45, 7) is 9.79. The summed E-state index contributed by atoms with van der Waals surface area (Å²) >= 11 is 0. The van der Waals surface area contributed by atoms with Crippen molar-refractivity contribution in [3.63, 3.8) is 0 Å². The summed E-state index contributed by atoms with van der Waals surface area (Å²) in [6, 6.07) is 2.21. The van der Waals surface area contributed by atoms with Crippen LogP contribution >= 0.6 is 0 Å². The highest BCUT2D eigenvalue weighted by Crippen LogP contribution is 2.33. The van der Waals surface area contributed by atoms with Gasteiger partial charge < -0.3 is 14.8 Å². The summed E-state index contributed by atoms with van der Waals surface area (Å²) in [5.74, 6) is 0. The Morgan fingerprint density at radius 2 is 1.89 bits per heavy atom. The number of ether oxygens (including phenoxy) is 2. The second kappa shape index (κ2) is 6.85. The SMILES string of the molecule is CCOC(CNC1CC(C)N(C2CC2)C1)OCC. The Morgan fingerprint density at radius 1 is 1.22 bits per heavy atom. The van der Waals surface area contributed by atoms with E-state index in [2.05, 4.69) is 17.1 Å². The van der Waals surface area contributed by atoms with Crippen LogP contribution in [-0.4, -0.2) is 55.6 Å². The molecule has 0 radical (unpaired) electrons. The lowest BCUT2D eigenvalue weighted by atomic mass is 10.2. The molecule has 2 aliphatic rings. The van der Waals surface area contributed by atoms with Crippen molar-refractivity contribution < 1.29 is 9.47 Å². The van der Waals surface area contributed by atoms with Gasteiger partial charge in [-0.3, -0.25) is 4.90 Å². The quantitative estimate of drug-likeness (QED) is 0.669. The second-order valence-electron chi connectivity index (χ2n) is 5.46. The van der Waals surface area contributed by atoms with E-state index >= 15 is 0 Å². The van der Waals surface area contributed by atoms with E-state index in [1.807, 2.05) is 13.8 Å². The van der Waals surface area contributed by atoms with Crippen LogP contribution in [0.1, 0.15) is 40.0 Å². The Hall–Kier alpha value is -0.160. The van der Waals surface area contributed by atoms with Crippen molar-refractivity contribution in [3.8, 4) is 0 Å². The van der Waals surface area contributed by atoms with E-state index in [0.29, 0.717) is 19.3 Å². The average molecular weight is 256 g/mol. The molecule has 0 amide bonds. The van der Waals surface area contributed by atoms with E-state index in [-0.39, 0.29) is 6.29 Å². The van der Waals surface area contributed by atoms with Gasteiger partial charge in [-0.25, -0.2) is 0 Å². The zero-order valence-electron chi connectivity index (χ0n) is 12.0. The highest BCUT2D eigenvalue weighted by atomic mass is 16.7. The van der Waals surface area contributed by atoms with Crippen LogP contribution in [0.15, 0.2) is 0 Å². The molecule has 4 nitrogen and oxygen atoms in total. The van der Waals surface area contributed by atoms with Crippen LogP contribution in [0.25, 0.3) is 0 Å². The maximum Gasteiger partial charge on any atom is 0.169 e. The van der Waals surface area contributed by atoms with Gasteiger partial charge in [0.15, 0.2) is 6.29 Å². The van der Waals surface area contributed by atoms with Gasteiger partial charge in [-0.15, -0.1) is 0 Å². The van der Waals surface area contributed by atoms with E-state index in [4.69, 9.17) is 9.47 Å². The number of likely N-dealkylation sites (tertiary alicyclic amines) is 1. The van der Waals surface area contributed by atoms with E-state index < -0.39 is 0 Å². The Morgan fingerprint density at radius 3 is 2.44 bits per heavy atom. The molecule has 1 saturated carbocycles. The predicted octanol–water partition coefficient (Wildman–Crippen LogP) is 1.60. The normalized spacial score (nSPS) is 29.3. The zero-order valence-corrected chi connectivity index (χ0v) is 12.0. The van der Waals surface area contributed by atoms with Gasteiger partial charge in [-0.1, -0.05) is 0 Å². The minimum atomic E-state index is -0.0923. The molecule has 2 unspecified atom stereocenters. The first-order valence-electron chi connectivity index (χ1n) is 7.46. The summed E-state index contributed by atoms with van der Waals surface area (Å²) in [5.41, 5.74) is 0. The van der Waals surface area contributed by atoms with Crippen LogP contribution in [-0.2, 0) is 9.47 Å². The molecule has 2 atom stereocenters. The van der Waals surface area contributed by atoms with Gasteiger partial charge in [0.05, 0.1) is 0 Å². The fourth-order valence-corrected chi connectivity index (χ4v) is 2.92. The third-order valence-corrected chi connectivity index (χ3v) is 3.92. The molecule has 0 aromatic heterocycles. The van der Waals surface area contributed by atoms with Gasteiger partial charge in [0, 0.05) is 44.4 Å². The van der Waals surface area contributed by atoms with Crippen LogP contribution in [0.2, 0.25) is 0 Å². The number of hydrogen-bond acceptors (Lipinski definition) is 4. The van der Waals surface area contributed by atoms with Gasteiger partial charge >= 0.3 is 0 Å². The molecule has 2 rings (SSSR count). The molecular formula is C14H28N2O2. The molecule has 4 heteroatoms. The van der Waals surface area contributed by atoms with Gasteiger partial charge in [0.25, 0.3) is 0 Å². The fourth-order valence-electron chi connectivity index (χ4n) is 2.92. The average Bonchev–Trinajstić information content (AvgIpc) is 3.11. The van der Waals surface area contributed by atoms with E-state index in [0.717, 1.165) is 18.6 Å². The largest absolute Gasteiger partial charge is 0.352 e. The van der Waals surface area contributed by atoms with Crippen LogP contribution in [0, 0.1) is 0 Å². The van der Waals surface area contributed by atoms with Crippen LogP contribution in [0.5, 0.6) is 0 Å². The Bertz CT molecular complexity index is 240. The number of nitrogens with zero attached hydrogens (tertiary/aromatic N) is 1. The van der Waals surface area contributed by atoms with Crippen molar-refractivity contribution in [2.75, 3.05) is 26.3 Å². The topological polar surface area (TPSA) is 33.7 Å². The first-order valence-corrected chi connectivity index (χ1v) is 7.46. The molecule has 1 aliphatic carbocycles. The van der Waals surface area contributed by atoms with Gasteiger partial charge in [-0.05, 0) is 40.0 Å². The highest BCUT2D eigenvalue weighted by molar-refractivity contribution is 4.95. The lowest BCUT2D eigenvalue weighted by Gasteiger charge is -2.21.